The van der Waals surface area contributed by atoms with Crippen LogP contribution in [0.4, 0.5) is 0 Å². The number of rotatable bonds is 1. The largest absolute Gasteiger partial charge is 0.624 e. The molecule has 2 fully saturated rings. The lowest BCUT2D eigenvalue weighted by Crippen LogP contribution is -2.64. The lowest BCUT2D eigenvalue weighted by atomic mass is 9.51. The van der Waals surface area contributed by atoms with Gasteiger partial charge in [0.2, 0.25) is 5.71 Å². The number of methoxy groups -OCH3 is 1. The van der Waals surface area contributed by atoms with E-state index in [0.717, 1.165) is 47.8 Å². The van der Waals surface area contributed by atoms with Crippen molar-refractivity contribution in [3.63, 3.8) is 0 Å². The van der Waals surface area contributed by atoms with Gasteiger partial charge in [0, 0.05) is 23.4 Å². The van der Waals surface area contributed by atoms with Gasteiger partial charge in [0.15, 0.2) is 17.6 Å². The Labute approximate surface area is 142 Å². The normalized spacial score (nSPS) is 41.0. The van der Waals surface area contributed by atoms with Crippen molar-refractivity contribution in [3.8, 4) is 11.5 Å². The summed E-state index contributed by atoms with van der Waals surface area (Å²) in [6, 6.07) is 4.67. The molecule has 4 atom stereocenters. The number of likely N-dealkylation sites (tertiary alicyclic amines) is 1. The molecule has 0 N–H and O–H groups in total. The summed E-state index contributed by atoms with van der Waals surface area (Å²) in [5.41, 5.74) is 3.54. The summed E-state index contributed by atoms with van der Waals surface area (Å²) in [5, 5.41) is 12.3. The Hall–Kier alpha value is -1.75. The van der Waals surface area contributed by atoms with Gasteiger partial charge >= 0.3 is 0 Å². The molecule has 5 heteroatoms. The Morgan fingerprint density at radius 3 is 2.92 bits per heavy atom. The molecule has 5 nitrogen and oxygen atoms in total. The summed E-state index contributed by atoms with van der Waals surface area (Å²) in [5.74, 6) is 1.68. The summed E-state index contributed by atoms with van der Waals surface area (Å²) in [4.78, 5) is 2.49. The van der Waals surface area contributed by atoms with Crippen molar-refractivity contribution in [3.05, 3.63) is 28.5 Å². The third kappa shape index (κ3) is 1.33. The third-order valence-electron chi connectivity index (χ3n) is 7.37. The highest BCUT2D eigenvalue weighted by atomic mass is 16.5. The number of hydrogen-bond acceptors (Lipinski definition) is 4. The molecule has 1 aromatic rings. The van der Waals surface area contributed by atoms with Gasteiger partial charge in [-0.05, 0) is 38.1 Å². The first-order valence-corrected chi connectivity index (χ1v) is 8.78. The maximum atomic E-state index is 12.3. The monoisotopic (exact) mass is 328 g/mol. The van der Waals surface area contributed by atoms with Crippen molar-refractivity contribution in [2.45, 2.75) is 43.7 Å². The zero-order valence-corrected chi connectivity index (χ0v) is 14.8. The summed E-state index contributed by atoms with van der Waals surface area (Å²) in [6.07, 6.45) is 2.73. The molecule has 0 radical (unpaired) electrons. The van der Waals surface area contributed by atoms with Gasteiger partial charge in [0.25, 0.3) is 0 Å². The van der Waals surface area contributed by atoms with Crippen LogP contribution in [0.5, 0.6) is 11.5 Å². The van der Waals surface area contributed by atoms with Crippen molar-refractivity contribution in [1.29, 1.82) is 0 Å². The molecule has 1 spiro atoms. The van der Waals surface area contributed by atoms with E-state index in [4.69, 9.17) is 9.47 Å². The van der Waals surface area contributed by atoms with Crippen LogP contribution >= 0.6 is 0 Å². The van der Waals surface area contributed by atoms with Gasteiger partial charge < -0.3 is 19.6 Å². The average molecular weight is 328 g/mol. The van der Waals surface area contributed by atoms with Crippen LogP contribution in [0.1, 0.15) is 30.9 Å². The number of hydroxylamine groups is 1. The maximum absolute atomic E-state index is 12.3. The summed E-state index contributed by atoms with van der Waals surface area (Å²) < 4.78 is 13.1. The molecule has 0 aromatic heterocycles. The number of likely N-dealkylation sites (N-methyl/N-ethyl adjacent to an activating group) is 1. The summed E-state index contributed by atoms with van der Waals surface area (Å²) >= 11 is 0. The minimum atomic E-state index is -0.147. The van der Waals surface area contributed by atoms with Crippen LogP contribution in [0.15, 0.2) is 12.1 Å². The third-order valence-corrected chi connectivity index (χ3v) is 7.37. The number of ether oxygens (including phenoxy) is 2. The summed E-state index contributed by atoms with van der Waals surface area (Å²) in [7, 11) is 5.53. The fourth-order valence-electron chi connectivity index (χ4n) is 6.27. The minimum absolute atomic E-state index is 0.0310. The van der Waals surface area contributed by atoms with Gasteiger partial charge in [-0.25, -0.2) is 4.74 Å². The SMILES string of the molecule is COc1ccc2c3c1O[C@H]1/C(=[N+](/C)[O-])C[C@@]4(C)[C@@H](C2)N(C)CC[C@]314. The van der Waals surface area contributed by atoms with Gasteiger partial charge in [-0.2, -0.15) is 0 Å². The molecule has 0 amide bonds. The molecule has 5 rings (SSSR count). The topological polar surface area (TPSA) is 47.8 Å². The molecule has 0 unspecified atom stereocenters. The zero-order chi connectivity index (χ0) is 16.9. The van der Waals surface area contributed by atoms with Crippen molar-refractivity contribution >= 4 is 5.71 Å². The molecule has 2 heterocycles. The van der Waals surface area contributed by atoms with Crippen LogP contribution < -0.4 is 9.47 Å². The van der Waals surface area contributed by atoms with Gasteiger partial charge in [-0.1, -0.05) is 13.0 Å². The average Bonchev–Trinajstić information content (AvgIpc) is 3.02. The molecule has 128 valence electrons. The first kappa shape index (κ1) is 14.6. The van der Waals surface area contributed by atoms with E-state index in [1.807, 2.05) is 6.07 Å². The van der Waals surface area contributed by atoms with Crippen molar-refractivity contribution in [2.24, 2.45) is 5.41 Å². The minimum Gasteiger partial charge on any atom is -0.624 e. The second kappa shape index (κ2) is 4.26. The lowest BCUT2D eigenvalue weighted by molar-refractivity contribution is -0.426. The molecule has 2 bridgehead atoms. The van der Waals surface area contributed by atoms with E-state index in [0.29, 0.717) is 6.04 Å². The Morgan fingerprint density at radius 2 is 2.21 bits per heavy atom. The highest BCUT2D eigenvalue weighted by molar-refractivity contribution is 5.93. The van der Waals surface area contributed by atoms with Crippen LogP contribution in [0.3, 0.4) is 0 Å². The second-order valence-electron chi connectivity index (χ2n) is 8.13. The van der Waals surface area contributed by atoms with Crippen LogP contribution in [0, 0.1) is 10.6 Å². The van der Waals surface area contributed by atoms with Crippen LogP contribution in [0.25, 0.3) is 0 Å². The van der Waals surface area contributed by atoms with Crippen molar-refractivity contribution < 1.29 is 14.2 Å². The second-order valence-corrected chi connectivity index (χ2v) is 8.13. The number of hydrogen-bond donors (Lipinski definition) is 0. The smallest absolute Gasteiger partial charge is 0.205 e. The Morgan fingerprint density at radius 1 is 1.42 bits per heavy atom. The predicted octanol–water partition coefficient (Wildman–Crippen LogP) is 1.95. The molecule has 2 aliphatic heterocycles. The molecular weight excluding hydrogens is 304 g/mol. The number of nitrogens with zero attached hydrogens (tertiary/aromatic N) is 2. The maximum Gasteiger partial charge on any atom is 0.205 e. The first-order chi connectivity index (χ1) is 11.4. The van der Waals surface area contributed by atoms with E-state index < -0.39 is 0 Å². The zero-order valence-electron chi connectivity index (χ0n) is 14.8. The van der Waals surface area contributed by atoms with E-state index in [-0.39, 0.29) is 16.9 Å². The molecular formula is C19H24N2O3. The standard InChI is InChI=1S/C19H24N2O3/c1-18-10-12(21(3)22)17-19(18)7-8-20(2)14(18)9-11-5-6-13(23-4)16(24-17)15(11)19/h5-6,14,17H,7-10H2,1-4H3/b21-12-/t14-,17+,18+,19+/m1/s1. The highest BCUT2D eigenvalue weighted by Gasteiger charge is 2.75. The molecule has 4 aliphatic rings. The van der Waals surface area contributed by atoms with Gasteiger partial charge in [-0.15, -0.1) is 0 Å². The fourth-order valence-corrected chi connectivity index (χ4v) is 6.27. The summed E-state index contributed by atoms with van der Waals surface area (Å²) in [6.45, 7) is 3.42. The highest BCUT2D eigenvalue weighted by Crippen LogP contribution is 2.69. The predicted molar refractivity (Wildman–Crippen MR) is 91.1 cm³/mol. The quantitative estimate of drug-likeness (QED) is 0.449. The van der Waals surface area contributed by atoms with Gasteiger partial charge in [-0.3, -0.25) is 0 Å². The van der Waals surface area contributed by atoms with Gasteiger partial charge in [0.05, 0.1) is 12.5 Å². The van der Waals surface area contributed by atoms with E-state index >= 15 is 0 Å². The van der Waals surface area contributed by atoms with E-state index in [1.54, 1.807) is 14.2 Å². The molecule has 2 aliphatic carbocycles. The van der Waals surface area contributed by atoms with E-state index in [2.05, 4.69) is 24.9 Å². The fraction of sp³-hybridized carbons (Fsp3) is 0.632. The van der Waals surface area contributed by atoms with Crippen LogP contribution in [-0.4, -0.2) is 55.2 Å². The lowest BCUT2D eigenvalue weighted by Gasteiger charge is -2.57. The molecule has 1 saturated heterocycles. The molecule has 24 heavy (non-hydrogen) atoms. The van der Waals surface area contributed by atoms with Crippen LogP contribution in [-0.2, 0) is 11.8 Å². The molecule has 1 aromatic carbocycles. The van der Waals surface area contributed by atoms with Crippen LogP contribution in [0.2, 0.25) is 0 Å². The van der Waals surface area contributed by atoms with E-state index in [9.17, 15) is 5.21 Å². The van der Waals surface area contributed by atoms with E-state index in [1.165, 1.54) is 11.1 Å². The van der Waals surface area contributed by atoms with Gasteiger partial charge in [0.1, 0.15) is 7.05 Å². The molecule has 1 saturated carbocycles. The first-order valence-electron chi connectivity index (χ1n) is 8.78. The van der Waals surface area contributed by atoms with Crippen molar-refractivity contribution in [1.82, 2.24) is 4.90 Å². The Balaban J connectivity index is 1.87. The number of benzene rings is 1. The Kier molecular flexibility index (Phi) is 2.59. The Bertz CT molecular complexity index is 785. The van der Waals surface area contributed by atoms with Crippen molar-refractivity contribution in [2.75, 3.05) is 27.7 Å². The number of piperidine rings is 1.